The van der Waals surface area contributed by atoms with Crippen LogP contribution in [0.25, 0.3) is 0 Å². The molecule has 130 valence electrons. The third kappa shape index (κ3) is 4.14. The van der Waals surface area contributed by atoms with Gasteiger partial charge in [0.05, 0.1) is 0 Å². The number of nitrogens with one attached hydrogen (secondary N) is 1. The third-order valence-corrected chi connectivity index (χ3v) is 4.64. The second-order valence-electron chi connectivity index (χ2n) is 6.12. The van der Waals surface area contributed by atoms with Gasteiger partial charge in [0, 0.05) is 39.9 Å². The maximum Gasteiger partial charge on any atom is 0.255 e. The second-order valence-corrected chi connectivity index (χ2v) is 6.99. The molecule has 0 aromatic heterocycles. The molecule has 1 N–H and O–H groups in total. The quantitative estimate of drug-likeness (QED) is 0.812. The van der Waals surface area contributed by atoms with Crippen molar-refractivity contribution < 1.29 is 9.59 Å². The number of halogens is 2. The molecule has 0 atom stereocenters. The number of rotatable bonds is 3. The first-order valence-electron chi connectivity index (χ1n) is 8.12. The molecule has 1 fully saturated rings. The summed E-state index contributed by atoms with van der Waals surface area (Å²) in [6.07, 6.45) is 2.49. The Morgan fingerprint density at radius 1 is 1.08 bits per heavy atom. The van der Waals surface area contributed by atoms with Crippen molar-refractivity contribution in [2.24, 2.45) is 0 Å². The first-order chi connectivity index (χ1) is 11.9. The van der Waals surface area contributed by atoms with E-state index in [1.807, 2.05) is 25.1 Å². The number of carbonyl (C=O) groups is 2. The molecular weight excluding hydrogens is 359 g/mol. The number of carbonyl (C=O) groups excluding carboxylic acids is 2. The smallest absolute Gasteiger partial charge is 0.255 e. The van der Waals surface area contributed by atoms with Crippen LogP contribution in [0.3, 0.4) is 0 Å². The van der Waals surface area contributed by atoms with Crippen molar-refractivity contribution in [2.75, 3.05) is 16.8 Å². The van der Waals surface area contributed by atoms with Crippen molar-refractivity contribution in [3.8, 4) is 0 Å². The summed E-state index contributed by atoms with van der Waals surface area (Å²) in [5.74, 6) is -0.177. The summed E-state index contributed by atoms with van der Waals surface area (Å²) in [6.45, 7) is 2.67. The molecule has 1 heterocycles. The van der Waals surface area contributed by atoms with Crippen LogP contribution in [0.5, 0.6) is 0 Å². The van der Waals surface area contributed by atoms with Crippen molar-refractivity contribution >= 4 is 46.4 Å². The number of benzene rings is 2. The Bertz CT molecular complexity index is 816. The van der Waals surface area contributed by atoms with Crippen LogP contribution in [0, 0.1) is 6.92 Å². The predicted molar refractivity (Wildman–Crippen MR) is 102 cm³/mol. The van der Waals surface area contributed by atoms with Crippen LogP contribution in [-0.4, -0.2) is 18.4 Å². The molecule has 0 saturated carbocycles. The minimum atomic E-state index is -0.302. The number of hydrogen-bond acceptors (Lipinski definition) is 2. The van der Waals surface area contributed by atoms with Crippen molar-refractivity contribution in [2.45, 2.75) is 26.2 Å². The summed E-state index contributed by atoms with van der Waals surface area (Å²) in [4.78, 5) is 26.4. The fourth-order valence-electron chi connectivity index (χ4n) is 2.93. The molecule has 6 heteroatoms. The van der Waals surface area contributed by atoms with E-state index in [1.54, 1.807) is 23.1 Å². The van der Waals surface area contributed by atoms with Gasteiger partial charge >= 0.3 is 0 Å². The third-order valence-electron chi connectivity index (χ3n) is 4.21. The van der Waals surface area contributed by atoms with Gasteiger partial charge in [-0.2, -0.15) is 0 Å². The molecule has 0 spiro atoms. The van der Waals surface area contributed by atoms with Crippen molar-refractivity contribution in [3.05, 3.63) is 57.6 Å². The van der Waals surface area contributed by atoms with Gasteiger partial charge in [0.1, 0.15) is 0 Å². The van der Waals surface area contributed by atoms with Gasteiger partial charge in [0.15, 0.2) is 0 Å². The topological polar surface area (TPSA) is 49.4 Å². The predicted octanol–water partition coefficient (Wildman–Crippen LogP) is 5.07. The van der Waals surface area contributed by atoms with Gasteiger partial charge in [-0.1, -0.05) is 29.3 Å². The van der Waals surface area contributed by atoms with E-state index >= 15 is 0 Å². The normalized spacial score (nSPS) is 14.5. The molecule has 3 rings (SSSR count). The standard InChI is InChI=1S/C19H18Cl2N2O2/c1-12-5-6-16(11-17(12)23-7-3-2-4-18(23)24)22-19(25)13-8-14(20)10-15(21)9-13/h5-6,8-11H,2-4,7H2,1H3,(H,22,25). The zero-order chi connectivity index (χ0) is 18.0. The largest absolute Gasteiger partial charge is 0.322 e. The van der Waals surface area contributed by atoms with E-state index in [-0.39, 0.29) is 11.8 Å². The lowest BCUT2D eigenvalue weighted by molar-refractivity contribution is -0.119. The molecule has 1 aliphatic heterocycles. The SMILES string of the molecule is Cc1ccc(NC(=O)c2cc(Cl)cc(Cl)c2)cc1N1CCCCC1=O. The monoisotopic (exact) mass is 376 g/mol. The highest BCUT2D eigenvalue weighted by Gasteiger charge is 2.21. The average Bonchev–Trinajstić information content (AvgIpc) is 2.56. The van der Waals surface area contributed by atoms with E-state index in [0.29, 0.717) is 34.3 Å². The van der Waals surface area contributed by atoms with Gasteiger partial charge in [-0.15, -0.1) is 0 Å². The van der Waals surface area contributed by atoms with Gasteiger partial charge < -0.3 is 10.2 Å². The molecule has 0 unspecified atom stereocenters. The van der Waals surface area contributed by atoms with Gasteiger partial charge in [-0.25, -0.2) is 0 Å². The highest BCUT2D eigenvalue weighted by molar-refractivity contribution is 6.35. The van der Waals surface area contributed by atoms with E-state index in [4.69, 9.17) is 23.2 Å². The molecule has 0 bridgehead atoms. The molecule has 1 saturated heterocycles. The maximum atomic E-state index is 12.4. The Morgan fingerprint density at radius 2 is 1.80 bits per heavy atom. The highest BCUT2D eigenvalue weighted by atomic mass is 35.5. The molecule has 2 aromatic rings. The van der Waals surface area contributed by atoms with E-state index in [9.17, 15) is 9.59 Å². The molecule has 2 amide bonds. The molecule has 4 nitrogen and oxygen atoms in total. The lowest BCUT2D eigenvalue weighted by Crippen LogP contribution is -2.35. The van der Waals surface area contributed by atoms with E-state index in [0.717, 1.165) is 24.1 Å². The van der Waals surface area contributed by atoms with Crippen LogP contribution in [0.1, 0.15) is 35.2 Å². The number of hydrogen-bond donors (Lipinski definition) is 1. The second kappa shape index (κ2) is 7.46. The Hall–Kier alpha value is -2.04. The Morgan fingerprint density at radius 3 is 2.48 bits per heavy atom. The molecule has 25 heavy (non-hydrogen) atoms. The van der Waals surface area contributed by atoms with E-state index in [1.165, 1.54) is 0 Å². The minimum absolute atomic E-state index is 0.124. The average molecular weight is 377 g/mol. The minimum Gasteiger partial charge on any atom is -0.322 e. The van der Waals surface area contributed by atoms with Crippen LogP contribution in [0.2, 0.25) is 10.0 Å². The fourth-order valence-corrected chi connectivity index (χ4v) is 3.45. The molecule has 1 aliphatic rings. The number of anilines is 2. The van der Waals surface area contributed by atoms with Crippen LogP contribution >= 0.6 is 23.2 Å². The highest BCUT2D eigenvalue weighted by Crippen LogP contribution is 2.28. The first kappa shape index (κ1) is 17.8. The Kier molecular flexibility index (Phi) is 5.30. The van der Waals surface area contributed by atoms with Gasteiger partial charge in [-0.05, 0) is 55.7 Å². The summed E-state index contributed by atoms with van der Waals surface area (Å²) in [7, 11) is 0. The number of nitrogens with zero attached hydrogens (tertiary/aromatic N) is 1. The fraction of sp³-hybridized carbons (Fsp3) is 0.263. The number of piperidine rings is 1. The van der Waals surface area contributed by atoms with Crippen LogP contribution in [0.4, 0.5) is 11.4 Å². The van der Waals surface area contributed by atoms with Crippen LogP contribution < -0.4 is 10.2 Å². The van der Waals surface area contributed by atoms with Gasteiger partial charge in [-0.3, -0.25) is 9.59 Å². The zero-order valence-corrected chi connectivity index (χ0v) is 15.3. The molecule has 2 aromatic carbocycles. The Labute approximate surface area is 156 Å². The number of aryl methyl sites for hydroxylation is 1. The van der Waals surface area contributed by atoms with Crippen LogP contribution in [-0.2, 0) is 4.79 Å². The Balaban J connectivity index is 1.84. The summed E-state index contributed by atoms with van der Waals surface area (Å²) >= 11 is 11.9. The summed E-state index contributed by atoms with van der Waals surface area (Å²) in [6, 6.07) is 10.3. The van der Waals surface area contributed by atoms with Crippen molar-refractivity contribution in [1.82, 2.24) is 0 Å². The van der Waals surface area contributed by atoms with Gasteiger partial charge in [0.2, 0.25) is 5.91 Å². The zero-order valence-electron chi connectivity index (χ0n) is 13.8. The molecule has 0 radical (unpaired) electrons. The van der Waals surface area contributed by atoms with E-state index < -0.39 is 0 Å². The maximum absolute atomic E-state index is 12.4. The van der Waals surface area contributed by atoms with Gasteiger partial charge in [0.25, 0.3) is 5.91 Å². The lowest BCUT2D eigenvalue weighted by Gasteiger charge is -2.28. The summed E-state index contributed by atoms with van der Waals surface area (Å²) in [5, 5.41) is 3.65. The molecule has 0 aliphatic carbocycles. The van der Waals surface area contributed by atoms with Crippen LogP contribution in [0.15, 0.2) is 36.4 Å². The molecular formula is C19H18Cl2N2O2. The summed E-state index contributed by atoms with van der Waals surface area (Å²) in [5.41, 5.74) is 2.85. The lowest BCUT2D eigenvalue weighted by atomic mass is 10.1. The first-order valence-corrected chi connectivity index (χ1v) is 8.88. The summed E-state index contributed by atoms with van der Waals surface area (Å²) < 4.78 is 0. The number of amides is 2. The van der Waals surface area contributed by atoms with Crippen molar-refractivity contribution in [1.29, 1.82) is 0 Å². The van der Waals surface area contributed by atoms with Crippen molar-refractivity contribution in [3.63, 3.8) is 0 Å². The van der Waals surface area contributed by atoms with E-state index in [2.05, 4.69) is 5.32 Å².